The lowest BCUT2D eigenvalue weighted by molar-refractivity contribution is 0.324. The number of methoxy groups -OCH3 is 3. The van der Waals surface area contributed by atoms with Crippen LogP contribution in [0.1, 0.15) is 5.69 Å². The third-order valence-corrected chi connectivity index (χ3v) is 3.09. The highest BCUT2D eigenvalue weighted by Gasteiger charge is 2.14. The first-order valence-corrected chi connectivity index (χ1v) is 6.44. The molecule has 0 amide bonds. The van der Waals surface area contributed by atoms with Gasteiger partial charge in [-0.05, 0) is 18.2 Å². The van der Waals surface area contributed by atoms with Crippen LogP contribution in [0.5, 0.6) is 17.2 Å². The molecule has 1 aromatic heterocycles. The summed E-state index contributed by atoms with van der Waals surface area (Å²) in [6.45, 7) is 0. The minimum Gasteiger partial charge on any atom is -0.493 e. The number of benzene rings is 1. The molecule has 106 valence electrons. The minimum atomic E-state index is 0.333. The Morgan fingerprint density at radius 3 is 2.10 bits per heavy atom. The Morgan fingerprint density at radius 1 is 0.950 bits per heavy atom. The molecule has 0 N–H and O–H groups in total. The summed E-state index contributed by atoms with van der Waals surface area (Å²) in [6, 6.07) is 5.50. The van der Waals surface area contributed by atoms with Gasteiger partial charge in [-0.3, -0.25) is 0 Å². The highest BCUT2D eigenvalue weighted by atomic mass is 35.5. The fourth-order valence-corrected chi connectivity index (χ4v) is 2.00. The van der Waals surface area contributed by atoms with E-state index in [0.29, 0.717) is 23.1 Å². The van der Waals surface area contributed by atoms with E-state index in [0.717, 1.165) is 17.0 Å². The Kier molecular flexibility index (Phi) is 4.63. The van der Waals surface area contributed by atoms with Gasteiger partial charge in [-0.1, -0.05) is 0 Å². The van der Waals surface area contributed by atoms with Gasteiger partial charge < -0.3 is 14.2 Å². The second-order valence-electron chi connectivity index (χ2n) is 3.94. The lowest BCUT2D eigenvalue weighted by atomic mass is 10.1. The van der Waals surface area contributed by atoms with E-state index in [4.69, 9.17) is 25.8 Å². The second kappa shape index (κ2) is 6.43. The van der Waals surface area contributed by atoms with E-state index >= 15 is 0 Å². The number of rotatable bonds is 5. The van der Waals surface area contributed by atoms with Crippen molar-refractivity contribution in [2.75, 3.05) is 21.3 Å². The van der Waals surface area contributed by atoms with Gasteiger partial charge in [0.1, 0.15) is 6.33 Å². The molecule has 0 aliphatic heterocycles. The quantitative estimate of drug-likeness (QED) is 0.794. The van der Waals surface area contributed by atoms with Crippen LogP contribution >= 0.6 is 11.6 Å². The average Bonchev–Trinajstić information content (AvgIpc) is 2.53. The van der Waals surface area contributed by atoms with Gasteiger partial charge in [-0.2, -0.15) is 0 Å². The predicted octanol–water partition coefficient (Wildman–Crippen LogP) is 2.91. The van der Waals surface area contributed by atoms with Gasteiger partial charge in [0.15, 0.2) is 11.5 Å². The molecule has 0 aliphatic carbocycles. The van der Waals surface area contributed by atoms with E-state index in [1.54, 1.807) is 21.3 Å². The number of alkyl halides is 1. The summed E-state index contributed by atoms with van der Waals surface area (Å²) in [4.78, 5) is 8.31. The summed E-state index contributed by atoms with van der Waals surface area (Å²) >= 11 is 5.79. The molecule has 0 unspecified atom stereocenters. The number of aromatic nitrogens is 2. The van der Waals surface area contributed by atoms with Crippen LogP contribution in [0.3, 0.4) is 0 Å². The molecule has 0 saturated heterocycles. The van der Waals surface area contributed by atoms with Crippen LogP contribution in [0.25, 0.3) is 11.3 Å². The third-order valence-electron chi connectivity index (χ3n) is 2.82. The Balaban J connectivity index is 2.56. The van der Waals surface area contributed by atoms with E-state index in [9.17, 15) is 0 Å². The normalized spacial score (nSPS) is 10.2. The number of hydrogen-bond acceptors (Lipinski definition) is 5. The van der Waals surface area contributed by atoms with Crippen LogP contribution in [-0.4, -0.2) is 31.3 Å². The fraction of sp³-hybridized carbons (Fsp3) is 0.286. The smallest absolute Gasteiger partial charge is 0.203 e. The summed E-state index contributed by atoms with van der Waals surface area (Å²) in [5.41, 5.74) is 2.34. The minimum absolute atomic E-state index is 0.333. The van der Waals surface area contributed by atoms with Gasteiger partial charge >= 0.3 is 0 Å². The SMILES string of the molecule is COc1cc(-c2cc(CCl)ncn2)cc(OC)c1OC. The van der Waals surface area contributed by atoms with Crippen LogP contribution in [-0.2, 0) is 5.88 Å². The Labute approximate surface area is 122 Å². The van der Waals surface area contributed by atoms with Gasteiger partial charge in [0.25, 0.3) is 0 Å². The molecular formula is C14H15ClN2O3. The third kappa shape index (κ3) is 2.77. The molecule has 0 spiro atoms. The molecular weight excluding hydrogens is 280 g/mol. The molecule has 0 saturated carbocycles. The summed E-state index contributed by atoms with van der Waals surface area (Å²) in [5.74, 6) is 2.03. The average molecular weight is 295 g/mol. The Morgan fingerprint density at radius 2 is 1.60 bits per heavy atom. The molecule has 6 heteroatoms. The van der Waals surface area contributed by atoms with Gasteiger partial charge in [-0.15, -0.1) is 11.6 Å². The van der Waals surface area contributed by atoms with Crippen LogP contribution in [0.4, 0.5) is 0 Å². The molecule has 0 radical (unpaired) electrons. The Bertz CT molecular complexity index is 580. The molecule has 0 atom stereocenters. The van der Waals surface area contributed by atoms with E-state index in [-0.39, 0.29) is 0 Å². The van der Waals surface area contributed by atoms with Crippen molar-refractivity contribution in [3.05, 3.63) is 30.2 Å². The first kappa shape index (κ1) is 14.4. The zero-order valence-electron chi connectivity index (χ0n) is 11.5. The van der Waals surface area contributed by atoms with Crippen molar-refractivity contribution >= 4 is 11.6 Å². The molecule has 2 aromatic rings. The van der Waals surface area contributed by atoms with E-state index < -0.39 is 0 Å². The van der Waals surface area contributed by atoms with Crippen LogP contribution < -0.4 is 14.2 Å². The molecule has 1 aromatic carbocycles. The summed E-state index contributed by atoms with van der Waals surface area (Å²) in [6.07, 6.45) is 1.48. The standard InChI is InChI=1S/C14H15ClN2O3/c1-18-12-4-9(5-13(19-2)14(12)20-3)11-6-10(7-15)16-8-17-11/h4-6,8H,7H2,1-3H3. The lowest BCUT2D eigenvalue weighted by Crippen LogP contribution is -1.97. The Hall–Kier alpha value is -2.01. The zero-order chi connectivity index (χ0) is 14.5. The first-order valence-electron chi connectivity index (χ1n) is 5.90. The number of nitrogens with zero attached hydrogens (tertiary/aromatic N) is 2. The van der Waals surface area contributed by atoms with Gasteiger partial charge in [0, 0.05) is 5.56 Å². The van der Waals surface area contributed by atoms with Crippen LogP contribution in [0, 0.1) is 0 Å². The summed E-state index contributed by atoms with van der Waals surface area (Å²) < 4.78 is 15.9. The predicted molar refractivity (Wildman–Crippen MR) is 76.7 cm³/mol. The molecule has 0 aliphatic rings. The second-order valence-corrected chi connectivity index (χ2v) is 4.21. The van der Waals surface area contributed by atoms with Gasteiger partial charge in [0.2, 0.25) is 5.75 Å². The highest BCUT2D eigenvalue weighted by molar-refractivity contribution is 6.16. The van der Waals surface area contributed by atoms with Crippen LogP contribution in [0.15, 0.2) is 24.5 Å². The van der Waals surface area contributed by atoms with Crippen molar-refractivity contribution in [3.8, 4) is 28.5 Å². The molecule has 2 rings (SSSR count). The monoisotopic (exact) mass is 294 g/mol. The lowest BCUT2D eigenvalue weighted by Gasteiger charge is -2.14. The maximum atomic E-state index is 5.79. The van der Waals surface area contributed by atoms with Crippen molar-refractivity contribution in [2.45, 2.75) is 5.88 Å². The first-order chi connectivity index (χ1) is 9.73. The maximum absolute atomic E-state index is 5.79. The molecule has 0 bridgehead atoms. The zero-order valence-corrected chi connectivity index (χ0v) is 12.3. The van der Waals surface area contributed by atoms with E-state index in [1.807, 2.05) is 18.2 Å². The highest BCUT2D eigenvalue weighted by Crippen LogP contribution is 2.40. The molecule has 5 nitrogen and oxygen atoms in total. The molecule has 20 heavy (non-hydrogen) atoms. The number of halogens is 1. The van der Waals surface area contributed by atoms with Gasteiger partial charge in [0.05, 0.1) is 38.6 Å². The van der Waals surface area contributed by atoms with Crippen molar-refractivity contribution in [3.63, 3.8) is 0 Å². The number of ether oxygens (including phenoxy) is 3. The fourth-order valence-electron chi connectivity index (χ4n) is 1.86. The number of hydrogen-bond donors (Lipinski definition) is 0. The van der Waals surface area contributed by atoms with Crippen molar-refractivity contribution in [1.82, 2.24) is 9.97 Å². The largest absolute Gasteiger partial charge is 0.493 e. The molecule has 0 fully saturated rings. The van der Waals surface area contributed by atoms with E-state index in [2.05, 4.69) is 9.97 Å². The van der Waals surface area contributed by atoms with Crippen molar-refractivity contribution in [1.29, 1.82) is 0 Å². The summed E-state index contributed by atoms with van der Waals surface area (Å²) in [5, 5.41) is 0. The van der Waals surface area contributed by atoms with Crippen LogP contribution in [0.2, 0.25) is 0 Å². The maximum Gasteiger partial charge on any atom is 0.203 e. The van der Waals surface area contributed by atoms with Crippen molar-refractivity contribution < 1.29 is 14.2 Å². The van der Waals surface area contributed by atoms with E-state index in [1.165, 1.54) is 6.33 Å². The summed E-state index contributed by atoms with van der Waals surface area (Å²) in [7, 11) is 4.72. The molecule has 1 heterocycles. The topological polar surface area (TPSA) is 53.5 Å². The van der Waals surface area contributed by atoms with Crippen molar-refractivity contribution in [2.24, 2.45) is 0 Å². The van der Waals surface area contributed by atoms with Gasteiger partial charge in [-0.25, -0.2) is 9.97 Å².